The van der Waals surface area contributed by atoms with Gasteiger partial charge in [0.1, 0.15) is 6.10 Å². The van der Waals surface area contributed by atoms with E-state index >= 15 is 0 Å². The minimum atomic E-state index is -1.36. The molecule has 0 aromatic rings. The third-order valence-electron chi connectivity index (χ3n) is 13.3. The minimum Gasteiger partial charge on any atom is -0.462 e. The molecule has 10 atom stereocenters. The Morgan fingerprint density at radius 3 is 2.12 bits per heavy atom. The first-order valence-corrected chi connectivity index (χ1v) is 16.7. The summed E-state index contributed by atoms with van der Waals surface area (Å²) >= 11 is 0. The van der Waals surface area contributed by atoms with E-state index in [1.807, 2.05) is 0 Å². The van der Waals surface area contributed by atoms with Crippen molar-refractivity contribution < 1.29 is 24.2 Å². The maximum absolute atomic E-state index is 12.3. The molecule has 2 saturated heterocycles. The van der Waals surface area contributed by atoms with Gasteiger partial charge in [0.15, 0.2) is 0 Å². The summed E-state index contributed by atoms with van der Waals surface area (Å²) in [6.45, 7) is 14.4. The average Bonchev–Trinajstić information content (AvgIpc) is 3.18. The molecule has 232 valence electrons. The van der Waals surface area contributed by atoms with Crippen LogP contribution in [0.15, 0.2) is 0 Å². The van der Waals surface area contributed by atoms with Crippen LogP contribution in [0.3, 0.4) is 0 Å². The lowest BCUT2D eigenvalue weighted by Gasteiger charge is -2.68. The van der Waals surface area contributed by atoms with Gasteiger partial charge < -0.3 is 24.4 Å². The lowest BCUT2D eigenvalue weighted by atomic mass is 9.42. The van der Waals surface area contributed by atoms with Gasteiger partial charge in [-0.05, 0) is 94.2 Å². The zero-order valence-electron chi connectivity index (χ0n) is 26.3. The monoisotopic (exact) mass is 573 g/mol. The van der Waals surface area contributed by atoms with E-state index in [0.717, 1.165) is 77.8 Å². The van der Waals surface area contributed by atoms with Gasteiger partial charge in [-0.1, -0.05) is 20.3 Å². The largest absolute Gasteiger partial charge is 0.462 e. The van der Waals surface area contributed by atoms with E-state index in [1.165, 1.54) is 26.2 Å². The maximum atomic E-state index is 12.3. The van der Waals surface area contributed by atoms with Crippen molar-refractivity contribution in [2.75, 3.05) is 46.3 Å². The van der Waals surface area contributed by atoms with Crippen LogP contribution in [0.2, 0.25) is 0 Å². The molecule has 0 aromatic heterocycles. The van der Waals surface area contributed by atoms with Crippen LogP contribution < -0.4 is 0 Å². The fourth-order valence-corrected chi connectivity index (χ4v) is 11.3. The number of ether oxygens (including phenoxy) is 2. The third kappa shape index (κ3) is 4.97. The van der Waals surface area contributed by atoms with Crippen molar-refractivity contribution in [3.05, 3.63) is 0 Å². The average molecular weight is 574 g/mol. The number of rotatable bonds is 4. The zero-order chi connectivity index (χ0) is 29.2. The summed E-state index contributed by atoms with van der Waals surface area (Å²) < 4.78 is 11.8. The number of carbonyl (C=O) groups excluding carboxylic acids is 2. The van der Waals surface area contributed by atoms with Gasteiger partial charge in [-0.2, -0.15) is 0 Å². The molecule has 2 heterocycles. The Balaban J connectivity index is 1.40. The molecule has 2 aliphatic heterocycles. The lowest BCUT2D eigenvalue weighted by Crippen LogP contribution is -2.70. The van der Waals surface area contributed by atoms with Gasteiger partial charge >= 0.3 is 11.9 Å². The van der Waals surface area contributed by atoms with Crippen LogP contribution in [-0.2, 0) is 19.1 Å². The number of aliphatic hydroxyl groups is 1. The van der Waals surface area contributed by atoms with Crippen molar-refractivity contribution in [3.8, 4) is 0 Å². The summed E-state index contributed by atoms with van der Waals surface area (Å²) in [4.78, 5) is 32.4. The second kappa shape index (κ2) is 11.0. The number of likely N-dealkylation sites (N-methyl/N-ethyl adjacent to an activating group) is 1. The van der Waals surface area contributed by atoms with Crippen molar-refractivity contribution in [3.63, 3.8) is 0 Å². The molecule has 0 radical (unpaired) electrons. The highest BCUT2D eigenvalue weighted by Crippen LogP contribution is 2.69. The van der Waals surface area contributed by atoms with Crippen LogP contribution in [0.25, 0.3) is 0 Å². The number of piperazine rings is 1. The number of esters is 2. The summed E-state index contributed by atoms with van der Waals surface area (Å²) in [6, 6.07) is 0.831. The first kappa shape index (κ1) is 29.8. The SMILES string of the molecule is CC(=O)OC1CC2C(N3CCCCC3)C[C@@H]3[C@@H](CC[C@@]4(C)[C@H]3CCC4(O)OC(C)=O)[C@@]2(C)C(N2CCN(C)CC2)C1. The Morgan fingerprint density at radius 2 is 1.46 bits per heavy atom. The van der Waals surface area contributed by atoms with Gasteiger partial charge in [0.2, 0.25) is 5.79 Å². The molecule has 6 aliphatic rings. The fourth-order valence-electron chi connectivity index (χ4n) is 11.3. The quantitative estimate of drug-likeness (QED) is 0.401. The normalized spacial score (nSPS) is 47.6. The number of fused-ring (bicyclic) bond motifs is 5. The minimum absolute atomic E-state index is 0.0199. The number of carbonyl (C=O) groups is 2. The predicted molar refractivity (Wildman–Crippen MR) is 157 cm³/mol. The van der Waals surface area contributed by atoms with Crippen LogP contribution in [0.4, 0.5) is 0 Å². The molecular weight excluding hydrogens is 518 g/mol. The maximum Gasteiger partial charge on any atom is 0.305 e. The smallest absolute Gasteiger partial charge is 0.305 e. The second-order valence-electron chi connectivity index (χ2n) is 15.2. The van der Waals surface area contributed by atoms with Gasteiger partial charge in [0, 0.05) is 70.4 Å². The zero-order valence-corrected chi connectivity index (χ0v) is 26.3. The Bertz CT molecular complexity index is 995. The molecule has 41 heavy (non-hydrogen) atoms. The van der Waals surface area contributed by atoms with Crippen molar-refractivity contribution in [2.45, 2.75) is 116 Å². The molecule has 0 spiro atoms. The summed E-state index contributed by atoms with van der Waals surface area (Å²) in [6.07, 6.45) is 10.3. The number of nitrogens with zero attached hydrogens (tertiary/aromatic N) is 3. The van der Waals surface area contributed by atoms with E-state index in [9.17, 15) is 14.7 Å². The summed E-state index contributed by atoms with van der Waals surface area (Å²) in [5, 5.41) is 11.8. The molecule has 4 saturated carbocycles. The van der Waals surface area contributed by atoms with Gasteiger partial charge in [-0.25, -0.2) is 0 Å². The lowest BCUT2D eigenvalue weighted by molar-refractivity contribution is -0.271. The molecular formula is C33H55N3O5. The third-order valence-corrected chi connectivity index (χ3v) is 13.3. The van der Waals surface area contributed by atoms with E-state index in [4.69, 9.17) is 9.47 Å². The Labute approximate surface area is 247 Å². The number of hydrogen-bond acceptors (Lipinski definition) is 8. The number of hydrogen-bond donors (Lipinski definition) is 1. The van der Waals surface area contributed by atoms with Crippen LogP contribution in [0.1, 0.15) is 91.9 Å². The van der Waals surface area contributed by atoms with Gasteiger partial charge in [0.05, 0.1) is 0 Å². The van der Waals surface area contributed by atoms with Crippen LogP contribution in [0.5, 0.6) is 0 Å². The molecule has 8 heteroatoms. The van der Waals surface area contributed by atoms with E-state index in [1.54, 1.807) is 6.92 Å². The summed E-state index contributed by atoms with van der Waals surface area (Å²) in [7, 11) is 2.22. The molecule has 5 unspecified atom stereocenters. The van der Waals surface area contributed by atoms with Gasteiger partial charge in [-0.3, -0.25) is 14.5 Å². The highest BCUT2D eigenvalue weighted by molar-refractivity contribution is 5.66. The highest BCUT2D eigenvalue weighted by Gasteiger charge is 2.69. The molecule has 4 aliphatic carbocycles. The van der Waals surface area contributed by atoms with Crippen molar-refractivity contribution in [2.24, 2.45) is 34.5 Å². The van der Waals surface area contributed by atoms with Gasteiger partial charge in [-0.15, -0.1) is 0 Å². The van der Waals surface area contributed by atoms with Crippen molar-refractivity contribution in [1.29, 1.82) is 0 Å². The number of likely N-dealkylation sites (tertiary alicyclic amines) is 1. The van der Waals surface area contributed by atoms with Crippen molar-refractivity contribution in [1.82, 2.24) is 14.7 Å². The number of piperidine rings is 1. The standard InChI is InChI=1S/C33H55N3O5/c1-22(37)40-24-19-28-29(35-13-7-6-8-14-35)21-25-26-10-12-33(39,41-23(2)38)31(26,3)11-9-27(25)32(28,4)30(20-24)36-17-15-34(5)16-18-36/h24-30,39H,6-21H2,1-5H3/t24?,25-,26-,27+,28?,29?,30?,31-,32+,33?/m0/s1. The van der Waals surface area contributed by atoms with Crippen LogP contribution in [0, 0.1) is 34.5 Å². The Kier molecular flexibility index (Phi) is 8.04. The molecule has 0 bridgehead atoms. The van der Waals surface area contributed by atoms with E-state index < -0.39 is 11.2 Å². The Hall–Kier alpha value is -1.22. The van der Waals surface area contributed by atoms with Crippen LogP contribution >= 0.6 is 0 Å². The van der Waals surface area contributed by atoms with Crippen molar-refractivity contribution >= 4 is 11.9 Å². The second-order valence-corrected chi connectivity index (χ2v) is 15.2. The fraction of sp³-hybridized carbons (Fsp3) is 0.939. The van der Waals surface area contributed by atoms with E-state index in [0.29, 0.717) is 42.2 Å². The highest BCUT2D eigenvalue weighted by atomic mass is 16.7. The summed E-state index contributed by atoms with van der Waals surface area (Å²) in [5.41, 5.74) is -0.311. The molecule has 1 N–H and O–H groups in total. The molecule has 0 aromatic carbocycles. The van der Waals surface area contributed by atoms with Gasteiger partial charge in [0.25, 0.3) is 0 Å². The predicted octanol–water partition coefficient (Wildman–Crippen LogP) is 3.90. The molecule has 8 nitrogen and oxygen atoms in total. The van der Waals surface area contributed by atoms with E-state index in [-0.39, 0.29) is 23.5 Å². The summed E-state index contributed by atoms with van der Waals surface area (Å²) in [5.74, 6) is -0.0319. The molecule has 0 amide bonds. The first-order valence-electron chi connectivity index (χ1n) is 16.7. The molecule has 6 rings (SSSR count). The first-order chi connectivity index (χ1) is 19.5. The molecule has 6 fully saturated rings. The topological polar surface area (TPSA) is 82.5 Å². The van der Waals surface area contributed by atoms with E-state index in [2.05, 4.69) is 35.6 Å². The Morgan fingerprint density at radius 1 is 0.780 bits per heavy atom. The van der Waals surface area contributed by atoms with Crippen LogP contribution in [-0.4, -0.2) is 102 Å².